The number of hydrogen-bond donors (Lipinski definition) is 2. The minimum atomic E-state index is -0.206. The average molecular weight is 270 g/mol. The highest BCUT2D eigenvalue weighted by Crippen LogP contribution is 2.20. The average Bonchev–Trinajstić information content (AvgIpc) is 2.79. The molecule has 102 valence electrons. The molecule has 20 heavy (non-hydrogen) atoms. The summed E-state index contributed by atoms with van der Waals surface area (Å²) in [6, 6.07) is 9.22. The number of fused-ring (bicyclic) bond motifs is 1. The van der Waals surface area contributed by atoms with Gasteiger partial charge in [0.15, 0.2) is 5.58 Å². The molecule has 6 nitrogen and oxygen atoms in total. The Hall–Kier alpha value is -2.63. The molecule has 0 aliphatic rings. The first-order valence-electron chi connectivity index (χ1n) is 6.35. The zero-order chi connectivity index (χ0) is 14.1. The molecule has 0 amide bonds. The van der Waals surface area contributed by atoms with Gasteiger partial charge in [0.1, 0.15) is 5.52 Å². The third-order valence-corrected chi connectivity index (χ3v) is 2.87. The lowest BCUT2D eigenvalue weighted by molar-refractivity contribution is 0.621. The second-order valence-corrected chi connectivity index (χ2v) is 4.79. The molecule has 0 saturated heterocycles. The first kappa shape index (κ1) is 12.4. The Morgan fingerprint density at radius 2 is 2.05 bits per heavy atom. The van der Waals surface area contributed by atoms with Crippen LogP contribution < -0.4 is 10.9 Å². The molecular formula is C14H14N4O2. The van der Waals surface area contributed by atoms with E-state index in [-0.39, 0.29) is 11.5 Å². The van der Waals surface area contributed by atoms with Crippen molar-refractivity contribution < 1.29 is 4.42 Å². The molecule has 0 fully saturated rings. The Morgan fingerprint density at radius 1 is 1.25 bits per heavy atom. The summed E-state index contributed by atoms with van der Waals surface area (Å²) in [7, 11) is 0. The van der Waals surface area contributed by atoms with Gasteiger partial charge in [0.25, 0.3) is 5.56 Å². The van der Waals surface area contributed by atoms with Gasteiger partial charge in [-0.2, -0.15) is 4.98 Å². The van der Waals surface area contributed by atoms with E-state index in [1.807, 2.05) is 38.1 Å². The first-order chi connectivity index (χ1) is 9.61. The summed E-state index contributed by atoms with van der Waals surface area (Å²) in [6.45, 7) is 3.95. The van der Waals surface area contributed by atoms with Gasteiger partial charge in [-0.3, -0.25) is 15.1 Å². The van der Waals surface area contributed by atoms with Gasteiger partial charge in [-0.1, -0.05) is 26.0 Å². The van der Waals surface area contributed by atoms with Crippen LogP contribution in [0.15, 0.2) is 39.5 Å². The van der Waals surface area contributed by atoms with E-state index in [1.54, 1.807) is 0 Å². The lowest BCUT2D eigenvalue weighted by Crippen LogP contribution is -2.12. The SMILES string of the molecule is CC(C)c1cc(=O)[nH]c(Nc2nc3ccccc3o2)n1. The second-order valence-electron chi connectivity index (χ2n) is 4.79. The van der Waals surface area contributed by atoms with Crippen LogP contribution in [0.2, 0.25) is 0 Å². The summed E-state index contributed by atoms with van der Waals surface area (Å²) in [5.74, 6) is 0.495. The summed E-state index contributed by atoms with van der Waals surface area (Å²) in [4.78, 5) is 22.8. The predicted molar refractivity (Wildman–Crippen MR) is 76.2 cm³/mol. The summed E-state index contributed by atoms with van der Waals surface area (Å²) < 4.78 is 5.53. The van der Waals surface area contributed by atoms with Gasteiger partial charge in [0.05, 0.1) is 5.69 Å². The van der Waals surface area contributed by atoms with Crippen molar-refractivity contribution in [2.75, 3.05) is 5.32 Å². The molecule has 0 saturated carbocycles. The lowest BCUT2D eigenvalue weighted by atomic mass is 10.1. The zero-order valence-corrected chi connectivity index (χ0v) is 11.2. The van der Waals surface area contributed by atoms with Crippen LogP contribution in [0.1, 0.15) is 25.5 Å². The lowest BCUT2D eigenvalue weighted by Gasteiger charge is -2.06. The van der Waals surface area contributed by atoms with E-state index in [0.29, 0.717) is 23.2 Å². The van der Waals surface area contributed by atoms with Crippen molar-refractivity contribution in [3.8, 4) is 0 Å². The highest BCUT2D eigenvalue weighted by Gasteiger charge is 2.09. The molecular weight excluding hydrogens is 256 g/mol. The third-order valence-electron chi connectivity index (χ3n) is 2.87. The molecule has 1 aromatic carbocycles. The van der Waals surface area contributed by atoms with Gasteiger partial charge in [-0.25, -0.2) is 4.98 Å². The highest BCUT2D eigenvalue weighted by atomic mass is 16.4. The molecule has 0 aliphatic carbocycles. The quantitative estimate of drug-likeness (QED) is 0.764. The van der Waals surface area contributed by atoms with Crippen molar-refractivity contribution in [2.45, 2.75) is 19.8 Å². The van der Waals surface area contributed by atoms with Crippen molar-refractivity contribution in [3.63, 3.8) is 0 Å². The van der Waals surface area contributed by atoms with Gasteiger partial charge in [0, 0.05) is 6.07 Å². The van der Waals surface area contributed by atoms with Gasteiger partial charge in [-0.05, 0) is 18.1 Å². The number of nitrogens with one attached hydrogen (secondary N) is 2. The van der Waals surface area contributed by atoms with Crippen molar-refractivity contribution in [3.05, 3.63) is 46.4 Å². The van der Waals surface area contributed by atoms with Crippen LogP contribution in [0.4, 0.5) is 12.0 Å². The van der Waals surface area contributed by atoms with Gasteiger partial charge in [-0.15, -0.1) is 0 Å². The van der Waals surface area contributed by atoms with E-state index >= 15 is 0 Å². The van der Waals surface area contributed by atoms with Crippen molar-refractivity contribution in [2.24, 2.45) is 0 Å². The van der Waals surface area contributed by atoms with Crippen LogP contribution in [-0.2, 0) is 0 Å². The molecule has 2 N–H and O–H groups in total. The molecule has 3 aromatic rings. The van der Waals surface area contributed by atoms with E-state index in [1.165, 1.54) is 6.07 Å². The van der Waals surface area contributed by atoms with Crippen LogP contribution in [-0.4, -0.2) is 15.0 Å². The van der Waals surface area contributed by atoms with E-state index in [9.17, 15) is 4.79 Å². The summed E-state index contributed by atoms with van der Waals surface area (Å²) in [6.07, 6.45) is 0. The van der Waals surface area contributed by atoms with Gasteiger partial charge < -0.3 is 4.42 Å². The number of nitrogens with zero attached hydrogens (tertiary/aromatic N) is 2. The molecule has 3 rings (SSSR count). The Balaban J connectivity index is 1.96. The normalized spacial score (nSPS) is 11.2. The van der Waals surface area contributed by atoms with Gasteiger partial charge in [0.2, 0.25) is 5.95 Å². The van der Waals surface area contributed by atoms with Crippen LogP contribution in [0.3, 0.4) is 0 Å². The summed E-state index contributed by atoms with van der Waals surface area (Å²) >= 11 is 0. The maximum atomic E-state index is 11.6. The molecule has 0 spiro atoms. The number of rotatable bonds is 3. The molecule has 0 bridgehead atoms. The number of hydrogen-bond acceptors (Lipinski definition) is 5. The minimum absolute atomic E-state index is 0.168. The maximum absolute atomic E-state index is 11.6. The van der Waals surface area contributed by atoms with Crippen LogP contribution in [0.25, 0.3) is 11.1 Å². The largest absolute Gasteiger partial charge is 0.423 e. The zero-order valence-electron chi connectivity index (χ0n) is 11.2. The standard InChI is InChI=1S/C14H14N4O2/c1-8(2)10-7-12(19)17-13(15-10)18-14-16-9-5-3-4-6-11(9)20-14/h3-8H,1-2H3,(H2,15,16,17,18,19). The summed E-state index contributed by atoms with van der Waals surface area (Å²) in [5, 5.41) is 2.88. The van der Waals surface area contributed by atoms with E-state index < -0.39 is 0 Å². The first-order valence-corrected chi connectivity index (χ1v) is 6.35. The van der Waals surface area contributed by atoms with E-state index in [4.69, 9.17) is 4.42 Å². The molecule has 0 radical (unpaired) electrons. The Morgan fingerprint density at radius 3 is 2.80 bits per heavy atom. The van der Waals surface area contributed by atoms with Gasteiger partial charge >= 0.3 is 6.01 Å². The predicted octanol–water partition coefficient (Wildman–Crippen LogP) is 2.78. The molecule has 2 heterocycles. The Bertz CT molecular complexity index is 771. The second kappa shape index (κ2) is 4.80. The molecule has 6 heteroatoms. The Kier molecular flexibility index (Phi) is 2.98. The number of para-hydroxylation sites is 2. The molecule has 0 unspecified atom stereocenters. The van der Waals surface area contributed by atoms with Crippen molar-refractivity contribution in [1.29, 1.82) is 0 Å². The molecule has 0 atom stereocenters. The Labute approximate surface area is 114 Å². The fourth-order valence-corrected chi connectivity index (χ4v) is 1.86. The highest BCUT2D eigenvalue weighted by molar-refractivity contribution is 5.74. The van der Waals surface area contributed by atoms with Crippen LogP contribution in [0, 0.1) is 0 Å². The monoisotopic (exact) mass is 270 g/mol. The number of aromatic nitrogens is 3. The maximum Gasteiger partial charge on any atom is 0.302 e. The third kappa shape index (κ3) is 2.40. The van der Waals surface area contributed by atoms with Crippen LogP contribution in [0.5, 0.6) is 0 Å². The van der Waals surface area contributed by atoms with Crippen LogP contribution >= 0.6 is 0 Å². The number of H-pyrrole nitrogens is 1. The van der Waals surface area contributed by atoms with E-state index in [0.717, 1.165) is 5.52 Å². The smallest absolute Gasteiger partial charge is 0.302 e. The number of benzene rings is 1. The fraction of sp³-hybridized carbons (Fsp3) is 0.214. The van der Waals surface area contributed by atoms with Crippen molar-refractivity contribution >= 4 is 23.1 Å². The number of oxazole rings is 1. The number of aromatic amines is 1. The summed E-state index contributed by atoms with van der Waals surface area (Å²) in [5.41, 5.74) is 1.93. The molecule has 0 aliphatic heterocycles. The molecule has 2 aromatic heterocycles. The topological polar surface area (TPSA) is 83.8 Å². The van der Waals surface area contributed by atoms with E-state index in [2.05, 4.69) is 20.3 Å². The minimum Gasteiger partial charge on any atom is -0.423 e. The van der Waals surface area contributed by atoms with Crippen molar-refractivity contribution in [1.82, 2.24) is 15.0 Å². The fourth-order valence-electron chi connectivity index (χ4n) is 1.86. The number of anilines is 2.